The van der Waals surface area contributed by atoms with E-state index >= 15 is 0 Å². The summed E-state index contributed by atoms with van der Waals surface area (Å²) < 4.78 is 57.4. The number of hydrogen-bond donors (Lipinski definition) is 5. The minimum Gasteiger partial charge on any atom is -1.00 e. The Hall–Kier alpha value is -6.19. The molecule has 4 aromatic heterocycles. The minimum absolute atomic E-state index is 0. The Bertz CT molecular complexity index is 2890. The molecule has 16 heteroatoms. The first-order valence-corrected chi connectivity index (χ1v) is 18.6. The van der Waals surface area contributed by atoms with E-state index in [4.69, 9.17) is 21.4 Å². The van der Waals surface area contributed by atoms with Crippen LogP contribution in [0, 0.1) is 23.3 Å². The summed E-state index contributed by atoms with van der Waals surface area (Å²) in [6.07, 6.45) is 1.54. The van der Waals surface area contributed by atoms with Crippen molar-refractivity contribution in [1.29, 1.82) is 0 Å². The second kappa shape index (κ2) is 18.0. The number of H-pyrrole nitrogens is 2. The van der Waals surface area contributed by atoms with Crippen LogP contribution in [0.3, 0.4) is 0 Å². The van der Waals surface area contributed by atoms with Crippen LogP contribution in [0.4, 0.5) is 17.6 Å². The molecule has 8 aromatic rings. The number of benzene rings is 4. The number of hydrogen-bond acceptors (Lipinski definition) is 6. The maximum atomic E-state index is 13.9. The van der Waals surface area contributed by atoms with Crippen LogP contribution in [0.1, 0.15) is 33.5 Å². The zero-order valence-electron chi connectivity index (χ0n) is 32.7. The summed E-state index contributed by atoms with van der Waals surface area (Å²) in [6.45, 7) is 1.26. The molecule has 298 valence electrons. The molecule has 2 aliphatic heterocycles. The molecule has 10 rings (SSSR count). The van der Waals surface area contributed by atoms with Crippen LogP contribution < -0.4 is 44.9 Å². The van der Waals surface area contributed by atoms with E-state index in [0.717, 1.165) is 92.9 Å². The molecule has 0 fully saturated rings. The van der Waals surface area contributed by atoms with Gasteiger partial charge in [0.05, 0.1) is 22.2 Å². The number of rotatable bonds is 4. The zero-order valence-corrected chi connectivity index (χ0v) is 34.4. The van der Waals surface area contributed by atoms with Gasteiger partial charge in [-0.25, -0.2) is 27.5 Å². The smallest absolute Gasteiger partial charge is 1.00 e. The molecular weight excluding hydrogens is 811 g/mol. The molecule has 4 aromatic carbocycles. The van der Waals surface area contributed by atoms with E-state index in [1.54, 1.807) is 24.3 Å². The number of phenols is 1. The second-order valence-electron chi connectivity index (χ2n) is 13.4. The number of aromatic hydroxyl groups is 1. The van der Waals surface area contributed by atoms with E-state index < -0.39 is 34.8 Å². The molecule has 5 N–H and O–H groups in total. The number of pyridine rings is 2. The van der Waals surface area contributed by atoms with Gasteiger partial charge in [0.1, 0.15) is 5.15 Å². The van der Waals surface area contributed by atoms with E-state index in [2.05, 4.69) is 30.6 Å². The number of carbonyl (C=O) groups excluding carboxylic acids is 2. The first-order chi connectivity index (χ1) is 28.5. The molecule has 0 aliphatic carbocycles. The number of ether oxygens (including phenoxy) is 1. The Kier molecular flexibility index (Phi) is 12.6. The molecule has 6 heterocycles. The molecule has 60 heavy (non-hydrogen) atoms. The number of amides is 2. The molecule has 0 saturated carbocycles. The quantitative estimate of drug-likeness (QED) is 0.0774. The average Bonchev–Trinajstić information content (AvgIpc) is 3.88. The number of para-hydroxylation sites is 4. The second-order valence-corrected chi connectivity index (χ2v) is 13.8. The van der Waals surface area contributed by atoms with Crippen molar-refractivity contribution in [1.82, 2.24) is 30.6 Å². The normalized spacial score (nSPS) is 12.8. The standard InChI is InChI=1S/C22H15F2N3O2.C16H12ClN3O.C6H4F2O.Na.H/c23-15-5-2-6-16(24)21(15)29-19-8-7-12-3-1-4-13(20(12)27-19)18-11-14-17(26-18)9-10-25-22(14)28;17-14-5-4-9-2-1-3-10(15(9)20-14)13-8-11-12(19-13)6-7-18-16(11)21;7-4-2-1-3-5(8)6(4)9;;/h1-8,11,26H,9-10H2,(H,25,28);1-5,8,19H,6-7H2,(H,18,21);1-3,9H;;/q;;;+1;-1. The number of nitrogens with zero attached hydrogens (tertiary/aromatic N) is 2. The van der Waals surface area contributed by atoms with Crippen molar-refractivity contribution in [2.24, 2.45) is 0 Å². The van der Waals surface area contributed by atoms with Crippen LogP contribution in [0.2, 0.25) is 5.15 Å². The number of fused-ring (bicyclic) bond motifs is 4. The zero-order chi connectivity index (χ0) is 41.2. The van der Waals surface area contributed by atoms with E-state index in [-0.39, 0.29) is 48.7 Å². The topological polar surface area (TPSA) is 145 Å². The summed E-state index contributed by atoms with van der Waals surface area (Å²) >= 11 is 6.02. The first kappa shape index (κ1) is 42.0. The van der Waals surface area contributed by atoms with Gasteiger partial charge < -0.3 is 31.9 Å². The SMILES string of the molecule is O=C1NCCc2[nH]c(-c3cccc4ccc(Cl)nc34)cc21.O=C1NCCc2[nH]c(-c3cccc4ccc(Oc5c(F)cccc5F)nc34)cc21.Oc1c(F)cccc1F.[H-].[Na+]. The number of carbonyl (C=O) groups is 2. The van der Waals surface area contributed by atoms with E-state index in [1.807, 2.05) is 48.5 Å². The number of nitrogens with one attached hydrogen (secondary N) is 4. The molecule has 2 aliphatic rings. The van der Waals surface area contributed by atoms with Crippen molar-refractivity contribution in [2.75, 3.05) is 13.1 Å². The summed E-state index contributed by atoms with van der Waals surface area (Å²) in [6, 6.07) is 29.0. The number of halogens is 5. The average molecular weight is 843 g/mol. The van der Waals surface area contributed by atoms with E-state index in [9.17, 15) is 27.2 Å². The number of aromatic amines is 2. The third-order valence-electron chi connectivity index (χ3n) is 9.63. The van der Waals surface area contributed by atoms with Crippen LogP contribution in [0.25, 0.3) is 44.3 Å². The van der Waals surface area contributed by atoms with E-state index in [0.29, 0.717) is 29.3 Å². The third kappa shape index (κ3) is 8.73. The van der Waals surface area contributed by atoms with Gasteiger partial charge in [0.25, 0.3) is 11.8 Å². The van der Waals surface area contributed by atoms with Gasteiger partial charge in [0.15, 0.2) is 29.0 Å². The van der Waals surface area contributed by atoms with E-state index in [1.165, 1.54) is 12.1 Å². The molecule has 10 nitrogen and oxygen atoms in total. The van der Waals surface area contributed by atoms with Crippen molar-refractivity contribution in [3.8, 4) is 39.9 Å². The Morgan fingerprint density at radius 1 is 0.600 bits per heavy atom. The van der Waals surface area contributed by atoms with Gasteiger partial charge in [-0.3, -0.25) is 9.59 Å². The Morgan fingerprint density at radius 2 is 1.07 bits per heavy atom. The minimum atomic E-state index is -0.935. The molecule has 0 atom stereocenters. The van der Waals surface area contributed by atoms with Crippen LogP contribution >= 0.6 is 11.6 Å². The van der Waals surface area contributed by atoms with Gasteiger partial charge in [0.2, 0.25) is 11.6 Å². The predicted octanol–water partition coefficient (Wildman–Crippen LogP) is 6.54. The number of phenolic OH excluding ortho intramolecular Hbond substituents is 1. The largest absolute Gasteiger partial charge is 1.00 e. The van der Waals surface area contributed by atoms with Gasteiger partial charge in [-0.05, 0) is 54.6 Å². The van der Waals surface area contributed by atoms with Gasteiger partial charge in [0, 0.05) is 76.7 Å². The fourth-order valence-corrected chi connectivity index (χ4v) is 6.94. The summed E-state index contributed by atoms with van der Waals surface area (Å²) in [5.74, 6) is -4.95. The van der Waals surface area contributed by atoms with Crippen molar-refractivity contribution < 1.29 is 68.0 Å². The maximum Gasteiger partial charge on any atom is 1.00 e. The fourth-order valence-electron chi connectivity index (χ4n) is 6.79. The summed E-state index contributed by atoms with van der Waals surface area (Å²) in [5, 5.41) is 16.4. The van der Waals surface area contributed by atoms with Crippen molar-refractivity contribution in [2.45, 2.75) is 12.8 Å². The van der Waals surface area contributed by atoms with Crippen LogP contribution in [0.5, 0.6) is 17.4 Å². The van der Waals surface area contributed by atoms with Gasteiger partial charge in [-0.1, -0.05) is 60.1 Å². The summed E-state index contributed by atoms with van der Waals surface area (Å²) in [4.78, 5) is 39.5. The van der Waals surface area contributed by atoms with Crippen molar-refractivity contribution >= 4 is 45.2 Å². The molecular formula is C44H32ClF4N6NaO4. The Morgan fingerprint density at radius 3 is 1.57 bits per heavy atom. The molecule has 0 saturated heterocycles. The molecule has 0 radical (unpaired) electrons. The van der Waals surface area contributed by atoms with Gasteiger partial charge in [-0.15, -0.1) is 0 Å². The predicted molar refractivity (Wildman–Crippen MR) is 216 cm³/mol. The van der Waals surface area contributed by atoms with Crippen LogP contribution in [-0.2, 0) is 12.8 Å². The third-order valence-corrected chi connectivity index (χ3v) is 9.84. The molecule has 0 bridgehead atoms. The van der Waals surface area contributed by atoms with Gasteiger partial charge >= 0.3 is 29.6 Å². The van der Waals surface area contributed by atoms with Gasteiger partial charge in [-0.2, -0.15) is 0 Å². The molecule has 0 spiro atoms. The maximum absolute atomic E-state index is 13.9. The van der Waals surface area contributed by atoms with Crippen molar-refractivity contribution in [3.05, 3.63) is 160 Å². The summed E-state index contributed by atoms with van der Waals surface area (Å²) in [7, 11) is 0. The Labute approximate surface area is 367 Å². The Balaban J connectivity index is 0.000000170. The van der Waals surface area contributed by atoms with Crippen LogP contribution in [-0.4, -0.2) is 49.9 Å². The monoisotopic (exact) mass is 842 g/mol. The molecule has 2 amide bonds. The fraction of sp³-hybridized carbons (Fsp3) is 0.0909. The number of aromatic nitrogens is 4. The molecule has 0 unspecified atom stereocenters. The van der Waals surface area contributed by atoms with Crippen LogP contribution in [0.15, 0.2) is 109 Å². The first-order valence-electron chi connectivity index (χ1n) is 18.2. The summed E-state index contributed by atoms with van der Waals surface area (Å²) in [5.41, 5.74) is 8.00. The van der Waals surface area contributed by atoms with Crippen molar-refractivity contribution in [3.63, 3.8) is 0 Å².